The molecular formula is C20H33NO. The molecule has 0 N–H and O–H groups in total. The van der Waals surface area contributed by atoms with Crippen LogP contribution in [0.25, 0.3) is 0 Å². The van der Waals surface area contributed by atoms with Crippen LogP contribution in [0.3, 0.4) is 0 Å². The quantitative estimate of drug-likeness (QED) is 0.517. The molecule has 0 aliphatic carbocycles. The monoisotopic (exact) mass is 303 g/mol. The molecule has 0 radical (unpaired) electrons. The zero-order valence-corrected chi connectivity index (χ0v) is 15.2. The highest BCUT2D eigenvalue weighted by molar-refractivity contribution is 5.95. The smallest absolute Gasteiger partial charge is 0.159 e. The van der Waals surface area contributed by atoms with Crippen molar-refractivity contribution in [1.29, 1.82) is 0 Å². The molecule has 1 heterocycles. The maximum absolute atomic E-state index is 10.7. The summed E-state index contributed by atoms with van der Waals surface area (Å²) in [7, 11) is 0. The molecule has 0 aromatic carbocycles. The Labute approximate surface area is 137 Å². The second kappa shape index (κ2) is 10.2. The van der Waals surface area contributed by atoms with Crippen molar-refractivity contribution >= 4 is 5.78 Å². The average molecular weight is 303 g/mol. The molecule has 0 atom stereocenters. The van der Waals surface area contributed by atoms with Crippen molar-refractivity contribution in [3.63, 3.8) is 0 Å². The topological polar surface area (TPSA) is 20.3 Å². The van der Waals surface area contributed by atoms with Gasteiger partial charge in [0.2, 0.25) is 0 Å². The van der Waals surface area contributed by atoms with Crippen LogP contribution in [-0.4, -0.2) is 23.8 Å². The first kappa shape index (κ1) is 20.4. The lowest BCUT2D eigenvalue weighted by atomic mass is 9.87. The third kappa shape index (κ3) is 9.38. The second-order valence-electron chi connectivity index (χ2n) is 6.84. The van der Waals surface area contributed by atoms with Crippen LogP contribution in [0.2, 0.25) is 0 Å². The molecule has 0 saturated heterocycles. The van der Waals surface area contributed by atoms with Crippen LogP contribution in [0.4, 0.5) is 0 Å². The van der Waals surface area contributed by atoms with E-state index >= 15 is 0 Å². The normalized spacial score (nSPS) is 17.4. The van der Waals surface area contributed by atoms with Gasteiger partial charge in [0.1, 0.15) is 0 Å². The summed E-state index contributed by atoms with van der Waals surface area (Å²) in [6, 6.07) is 0. The Bertz CT molecular complexity index is 439. The number of carbonyl (C=O) groups excluding carboxylic acids is 1. The fourth-order valence-corrected chi connectivity index (χ4v) is 2.11. The van der Waals surface area contributed by atoms with Crippen molar-refractivity contribution < 1.29 is 4.79 Å². The predicted octanol–water partition coefficient (Wildman–Crippen LogP) is 5.15. The molecule has 1 aliphatic rings. The lowest BCUT2D eigenvalue weighted by molar-refractivity contribution is -0.113. The summed E-state index contributed by atoms with van der Waals surface area (Å²) in [5, 5.41) is 0. The lowest BCUT2D eigenvalue weighted by Gasteiger charge is -2.33. The fraction of sp³-hybridized carbons (Fsp3) is 0.550. The van der Waals surface area contributed by atoms with Crippen LogP contribution in [0.5, 0.6) is 0 Å². The number of carbonyl (C=O) groups is 1. The van der Waals surface area contributed by atoms with Crippen LogP contribution in [0.15, 0.2) is 48.7 Å². The third-order valence-electron chi connectivity index (χ3n) is 3.51. The van der Waals surface area contributed by atoms with Gasteiger partial charge in [0.15, 0.2) is 5.78 Å². The number of hydrogen-bond acceptors (Lipinski definition) is 2. The first-order chi connectivity index (χ1) is 10.2. The molecule has 0 aromatic rings. The van der Waals surface area contributed by atoms with Gasteiger partial charge in [-0.25, -0.2) is 0 Å². The third-order valence-corrected chi connectivity index (χ3v) is 3.51. The summed E-state index contributed by atoms with van der Waals surface area (Å²) >= 11 is 0. The summed E-state index contributed by atoms with van der Waals surface area (Å²) in [6.07, 6.45) is 12.8. The zero-order chi connectivity index (χ0) is 17.2. The maximum atomic E-state index is 10.7. The minimum atomic E-state index is 0.0839. The van der Waals surface area contributed by atoms with Crippen LogP contribution >= 0.6 is 0 Å². The molecule has 0 unspecified atom stereocenters. The van der Waals surface area contributed by atoms with Crippen molar-refractivity contribution in [2.45, 2.75) is 48.0 Å². The Morgan fingerprint density at radius 3 is 2.41 bits per heavy atom. The molecular weight excluding hydrogens is 270 g/mol. The first-order valence-corrected chi connectivity index (χ1v) is 8.11. The second-order valence-corrected chi connectivity index (χ2v) is 6.84. The van der Waals surface area contributed by atoms with E-state index in [0.717, 1.165) is 11.5 Å². The molecule has 2 heteroatoms. The summed E-state index contributed by atoms with van der Waals surface area (Å²) in [5.74, 6) is 0.858. The summed E-state index contributed by atoms with van der Waals surface area (Å²) in [5.41, 5.74) is 1.15. The molecule has 124 valence electrons. The SMILES string of the molecule is C=C/C=C\C(=C/C)C(C)=O.CC(C)CN1C=CC(C)(C)CC1. The van der Waals surface area contributed by atoms with Gasteiger partial charge in [-0.3, -0.25) is 4.79 Å². The molecule has 0 bridgehead atoms. The van der Waals surface area contributed by atoms with E-state index in [1.807, 2.05) is 6.92 Å². The molecule has 2 nitrogen and oxygen atoms in total. The van der Waals surface area contributed by atoms with Crippen molar-refractivity contribution in [1.82, 2.24) is 4.90 Å². The van der Waals surface area contributed by atoms with Crippen LogP contribution in [0.1, 0.15) is 48.0 Å². The molecule has 0 aromatic heterocycles. The molecule has 0 spiro atoms. The van der Waals surface area contributed by atoms with Gasteiger partial charge in [0.05, 0.1) is 0 Å². The van der Waals surface area contributed by atoms with Gasteiger partial charge in [0, 0.05) is 18.7 Å². The Kier molecular flexibility index (Phi) is 9.48. The van der Waals surface area contributed by atoms with E-state index in [1.54, 1.807) is 31.2 Å². The zero-order valence-electron chi connectivity index (χ0n) is 15.2. The number of allylic oxidation sites excluding steroid dienone is 6. The summed E-state index contributed by atoms with van der Waals surface area (Å²) in [4.78, 5) is 13.2. The lowest BCUT2D eigenvalue weighted by Crippen LogP contribution is -2.30. The van der Waals surface area contributed by atoms with Gasteiger partial charge in [0.25, 0.3) is 0 Å². The number of hydrogen-bond donors (Lipinski definition) is 0. The number of rotatable bonds is 5. The van der Waals surface area contributed by atoms with Gasteiger partial charge < -0.3 is 4.90 Å². The number of ketones is 1. The molecule has 0 amide bonds. The predicted molar refractivity (Wildman–Crippen MR) is 97.7 cm³/mol. The number of Topliss-reactive ketones (excluding diaryl/α,β-unsaturated/α-hetero) is 1. The molecule has 1 rings (SSSR count). The summed E-state index contributed by atoms with van der Waals surface area (Å²) < 4.78 is 0. The Balaban J connectivity index is 0.000000409. The highest BCUT2D eigenvalue weighted by Gasteiger charge is 2.19. The Morgan fingerprint density at radius 1 is 1.41 bits per heavy atom. The largest absolute Gasteiger partial charge is 0.377 e. The van der Waals surface area contributed by atoms with Crippen LogP contribution in [0, 0.1) is 11.3 Å². The van der Waals surface area contributed by atoms with E-state index in [9.17, 15) is 4.79 Å². The minimum Gasteiger partial charge on any atom is -0.377 e. The Morgan fingerprint density at radius 2 is 2.05 bits per heavy atom. The highest BCUT2D eigenvalue weighted by atomic mass is 16.1. The van der Waals surface area contributed by atoms with Crippen molar-refractivity contribution in [2.75, 3.05) is 13.1 Å². The highest BCUT2D eigenvalue weighted by Crippen LogP contribution is 2.26. The fourth-order valence-electron chi connectivity index (χ4n) is 2.11. The van der Waals surface area contributed by atoms with E-state index < -0.39 is 0 Å². The molecule has 1 aliphatic heterocycles. The van der Waals surface area contributed by atoms with Crippen molar-refractivity contribution in [2.24, 2.45) is 11.3 Å². The van der Waals surface area contributed by atoms with Gasteiger partial charge in [-0.1, -0.05) is 64.7 Å². The van der Waals surface area contributed by atoms with Gasteiger partial charge in [-0.05, 0) is 37.8 Å². The van der Waals surface area contributed by atoms with Gasteiger partial charge >= 0.3 is 0 Å². The molecule has 0 saturated carbocycles. The first-order valence-electron chi connectivity index (χ1n) is 8.11. The van der Waals surface area contributed by atoms with Crippen molar-refractivity contribution in [3.05, 3.63) is 48.7 Å². The van der Waals surface area contributed by atoms with E-state index in [0.29, 0.717) is 5.41 Å². The van der Waals surface area contributed by atoms with E-state index in [4.69, 9.17) is 0 Å². The minimum absolute atomic E-state index is 0.0839. The number of nitrogens with zero attached hydrogens (tertiary/aromatic N) is 1. The average Bonchev–Trinajstić information content (AvgIpc) is 2.42. The molecule has 22 heavy (non-hydrogen) atoms. The standard InChI is InChI=1S/C11H21N.C9H12O/c1-10(2)9-12-7-5-11(3,4)6-8-12;1-4-6-7-9(5-2)8(3)10/h5,7,10H,6,8-9H2,1-4H3;4-7H,1H2,2-3H3/b;7-6-,9-5+. The molecule has 0 fully saturated rings. The Hall–Kier alpha value is -1.57. The van der Waals surface area contributed by atoms with Gasteiger partial charge in [-0.2, -0.15) is 0 Å². The van der Waals surface area contributed by atoms with Crippen molar-refractivity contribution in [3.8, 4) is 0 Å². The summed E-state index contributed by atoms with van der Waals surface area (Å²) in [6.45, 7) is 18.5. The van der Waals surface area contributed by atoms with E-state index in [-0.39, 0.29) is 5.78 Å². The van der Waals surface area contributed by atoms with Crippen LogP contribution in [-0.2, 0) is 4.79 Å². The van der Waals surface area contributed by atoms with Gasteiger partial charge in [-0.15, -0.1) is 0 Å². The van der Waals surface area contributed by atoms with E-state index in [2.05, 4.69) is 51.4 Å². The van der Waals surface area contributed by atoms with E-state index in [1.165, 1.54) is 19.5 Å². The maximum Gasteiger partial charge on any atom is 0.159 e. The van der Waals surface area contributed by atoms with Crippen LogP contribution < -0.4 is 0 Å².